The number of amides is 1. The second-order valence-electron chi connectivity index (χ2n) is 6.19. The summed E-state index contributed by atoms with van der Waals surface area (Å²) in [6, 6.07) is 12.0. The molecule has 3 rings (SSSR count). The van der Waals surface area contributed by atoms with Crippen molar-refractivity contribution in [2.45, 2.75) is 38.6 Å². The van der Waals surface area contributed by atoms with Crippen molar-refractivity contribution in [1.29, 1.82) is 0 Å². The van der Waals surface area contributed by atoms with Gasteiger partial charge in [0.1, 0.15) is 6.26 Å². The molecule has 1 aromatic carbocycles. The number of carbonyl (C=O) groups is 1. The second kappa shape index (κ2) is 7.30. The summed E-state index contributed by atoms with van der Waals surface area (Å²) in [6.07, 6.45) is 9.52. The first-order valence-corrected chi connectivity index (χ1v) is 8.18. The van der Waals surface area contributed by atoms with Crippen molar-refractivity contribution in [3.63, 3.8) is 0 Å². The van der Waals surface area contributed by atoms with E-state index < -0.39 is 0 Å². The molecule has 0 aliphatic heterocycles. The van der Waals surface area contributed by atoms with Gasteiger partial charge < -0.3 is 9.32 Å². The Labute approximate surface area is 131 Å². The van der Waals surface area contributed by atoms with Crippen molar-refractivity contribution in [3.05, 3.63) is 60.1 Å². The van der Waals surface area contributed by atoms with Gasteiger partial charge in [-0.25, -0.2) is 0 Å². The maximum Gasteiger partial charge on any atom is 0.257 e. The zero-order valence-corrected chi connectivity index (χ0v) is 12.9. The zero-order valence-electron chi connectivity index (χ0n) is 12.9. The van der Waals surface area contributed by atoms with Gasteiger partial charge in [0.2, 0.25) is 0 Å². The SMILES string of the molecule is O=C(c1ccoc1)N(Cc1ccccc1)CC1CCCCC1. The molecule has 1 amide bonds. The van der Waals surface area contributed by atoms with Crippen molar-refractivity contribution >= 4 is 5.91 Å². The van der Waals surface area contributed by atoms with Gasteiger partial charge in [-0.3, -0.25) is 4.79 Å². The number of benzene rings is 1. The Balaban J connectivity index is 1.73. The molecule has 3 nitrogen and oxygen atoms in total. The molecule has 0 N–H and O–H groups in total. The van der Waals surface area contributed by atoms with Gasteiger partial charge in [0.05, 0.1) is 11.8 Å². The van der Waals surface area contributed by atoms with Crippen molar-refractivity contribution in [2.24, 2.45) is 5.92 Å². The lowest BCUT2D eigenvalue weighted by Crippen LogP contribution is -2.35. The third-order valence-corrected chi connectivity index (χ3v) is 4.47. The molecule has 1 aliphatic carbocycles. The summed E-state index contributed by atoms with van der Waals surface area (Å²) in [5, 5.41) is 0. The van der Waals surface area contributed by atoms with E-state index in [0.29, 0.717) is 18.0 Å². The Morgan fingerprint density at radius 2 is 1.86 bits per heavy atom. The summed E-state index contributed by atoms with van der Waals surface area (Å²) in [5.41, 5.74) is 1.82. The van der Waals surface area contributed by atoms with E-state index in [9.17, 15) is 4.79 Å². The first-order chi connectivity index (χ1) is 10.8. The third-order valence-electron chi connectivity index (χ3n) is 4.47. The maximum absolute atomic E-state index is 12.7. The molecule has 116 valence electrons. The normalized spacial score (nSPS) is 15.6. The van der Waals surface area contributed by atoms with E-state index in [1.54, 1.807) is 18.6 Å². The summed E-state index contributed by atoms with van der Waals surface area (Å²) < 4.78 is 5.08. The van der Waals surface area contributed by atoms with E-state index in [2.05, 4.69) is 12.1 Å². The fourth-order valence-corrected chi connectivity index (χ4v) is 3.27. The van der Waals surface area contributed by atoms with Gasteiger partial charge in [-0.05, 0) is 30.4 Å². The monoisotopic (exact) mass is 297 g/mol. The van der Waals surface area contributed by atoms with Crippen molar-refractivity contribution in [1.82, 2.24) is 4.90 Å². The van der Waals surface area contributed by atoms with Crippen LogP contribution >= 0.6 is 0 Å². The van der Waals surface area contributed by atoms with Crippen LogP contribution in [0.2, 0.25) is 0 Å². The standard InChI is InChI=1S/C19H23NO2/c21-19(18-11-12-22-15-18)20(13-16-7-3-1-4-8-16)14-17-9-5-2-6-10-17/h1,3-4,7-8,11-12,15,17H,2,5-6,9-10,13-14H2. The van der Waals surface area contributed by atoms with Crippen LogP contribution in [0.3, 0.4) is 0 Å². The van der Waals surface area contributed by atoms with Crippen molar-refractivity contribution < 1.29 is 9.21 Å². The number of rotatable bonds is 5. The van der Waals surface area contributed by atoms with E-state index in [-0.39, 0.29) is 5.91 Å². The van der Waals surface area contributed by atoms with Gasteiger partial charge in [-0.2, -0.15) is 0 Å². The largest absolute Gasteiger partial charge is 0.472 e. The number of carbonyl (C=O) groups excluding carboxylic acids is 1. The Morgan fingerprint density at radius 3 is 2.55 bits per heavy atom. The summed E-state index contributed by atoms with van der Waals surface area (Å²) in [5.74, 6) is 0.705. The average Bonchev–Trinajstić information content (AvgIpc) is 3.10. The van der Waals surface area contributed by atoms with E-state index in [1.807, 2.05) is 23.1 Å². The van der Waals surface area contributed by atoms with Crippen LogP contribution in [0.5, 0.6) is 0 Å². The van der Waals surface area contributed by atoms with Crippen LogP contribution < -0.4 is 0 Å². The smallest absolute Gasteiger partial charge is 0.257 e. The van der Waals surface area contributed by atoms with Crippen LogP contribution in [0.25, 0.3) is 0 Å². The molecule has 1 saturated carbocycles. The van der Waals surface area contributed by atoms with Gasteiger partial charge in [0, 0.05) is 13.1 Å². The number of furan rings is 1. The molecule has 0 unspecified atom stereocenters. The summed E-state index contributed by atoms with van der Waals surface area (Å²) in [7, 11) is 0. The Bertz CT molecular complexity index is 571. The highest BCUT2D eigenvalue weighted by molar-refractivity contribution is 5.93. The lowest BCUT2D eigenvalue weighted by molar-refractivity contribution is 0.0698. The third kappa shape index (κ3) is 3.79. The quantitative estimate of drug-likeness (QED) is 0.814. The average molecular weight is 297 g/mol. The Morgan fingerprint density at radius 1 is 1.09 bits per heavy atom. The minimum atomic E-state index is 0.0724. The second-order valence-corrected chi connectivity index (χ2v) is 6.19. The number of nitrogens with zero attached hydrogens (tertiary/aromatic N) is 1. The van der Waals surface area contributed by atoms with Crippen molar-refractivity contribution in [2.75, 3.05) is 6.54 Å². The molecule has 0 bridgehead atoms. The van der Waals surface area contributed by atoms with Crippen LogP contribution in [0, 0.1) is 5.92 Å². The molecule has 0 spiro atoms. The maximum atomic E-state index is 12.7. The van der Waals surface area contributed by atoms with E-state index in [1.165, 1.54) is 37.7 Å². The topological polar surface area (TPSA) is 33.5 Å². The molecule has 1 aromatic heterocycles. The molecular formula is C19H23NO2. The fourth-order valence-electron chi connectivity index (χ4n) is 3.27. The van der Waals surface area contributed by atoms with Crippen LogP contribution in [0.15, 0.2) is 53.3 Å². The van der Waals surface area contributed by atoms with E-state index in [0.717, 1.165) is 6.54 Å². The molecule has 0 saturated heterocycles. The molecule has 1 heterocycles. The first kappa shape index (κ1) is 14.9. The molecule has 1 fully saturated rings. The van der Waals surface area contributed by atoms with Gasteiger partial charge in [-0.15, -0.1) is 0 Å². The molecule has 22 heavy (non-hydrogen) atoms. The van der Waals surface area contributed by atoms with E-state index in [4.69, 9.17) is 4.42 Å². The highest BCUT2D eigenvalue weighted by atomic mass is 16.3. The first-order valence-electron chi connectivity index (χ1n) is 8.18. The van der Waals surface area contributed by atoms with Gasteiger partial charge in [-0.1, -0.05) is 49.6 Å². The minimum absolute atomic E-state index is 0.0724. The minimum Gasteiger partial charge on any atom is -0.472 e. The lowest BCUT2D eigenvalue weighted by atomic mass is 9.88. The predicted octanol–water partition coefficient (Wildman–Crippen LogP) is 4.50. The zero-order chi connectivity index (χ0) is 15.2. The van der Waals surface area contributed by atoms with Gasteiger partial charge in [0.15, 0.2) is 0 Å². The molecule has 2 aromatic rings. The summed E-state index contributed by atoms with van der Waals surface area (Å²) in [4.78, 5) is 14.7. The van der Waals surface area contributed by atoms with Crippen LogP contribution in [-0.4, -0.2) is 17.4 Å². The van der Waals surface area contributed by atoms with Crippen LogP contribution in [-0.2, 0) is 6.54 Å². The number of hydrogen-bond donors (Lipinski definition) is 0. The van der Waals surface area contributed by atoms with Crippen LogP contribution in [0.4, 0.5) is 0 Å². The molecular weight excluding hydrogens is 274 g/mol. The Kier molecular flexibility index (Phi) is 4.94. The van der Waals surface area contributed by atoms with Gasteiger partial charge >= 0.3 is 0 Å². The van der Waals surface area contributed by atoms with Crippen LogP contribution in [0.1, 0.15) is 48.0 Å². The summed E-state index contributed by atoms with van der Waals surface area (Å²) in [6.45, 7) is 1.51. The predicted molar refractivity (Wildman–Crippen MR) is 86.5 cm³/mol. The van der Waals surface area contributed by atoms with Gasteiger partial charge in [0.25, 0.3) is 5.91 Å². The summed E-state index contributed by atoms with van der Waals surface area (Å²) >= 11 is 0. The molecule has 1 aliphatic rings. The molecule has 3 heteroatoms. The Hall–Kier alpha value is -2.03. The van der Waals surface area contributed by atoms with E-state index >= 15 is 0 Å². The number of hydrogen-bond acceptors (Lipinski definition) is 2. The fraction of sp³-hybridized carbons (Fsp3) is 0.421. The molecule has 0 atom stereocenters. The lowest BCUT2D eigenvalue weighted by Gasteiger charge is -2.29. The highest BCUT2D eigenvalue weighted by Crippen LogP contribution is 2.25. The highest BCUT2D eigenvalue weighted by Gasteiger charge is 2.22. The van der Waals surface area contributed by atoms with Crippen molar-refractivity contribution in [3.8, 4) is 0 Å². The molecule has 0 radical (unpaired) electrons.